The molecule has 158 valence electrons. The summed E-state index contributed by atoms with van der Waals surface area (Å²) in [6.45, 7) is 2.03. The van der Waals surface area contributed by atoms with Gasteiger partial charge < -0.3 is 20.3 Å². The highest BCUT2D eigenvalue weighted by Crippen LogP contribution is 2.27. The van der Waals surface area contributed by atoms with Gasteiger partial charge in [-0.25, -0.2) is 0 Å². The molecule has 2 N–H and O–H groups in total. The van der Waals surface area contributed by atoms with E-state index in [1.165, 1.54) is 0 Å². The Morgan fingerprint density at radius 2 is 1.97 bits per heavy atom. The number of hydrogen-bond acceptors (Lipinski definition) is 4. The molecule has 0 saturated heterocycles. The number of carbonyl (C=O) groups is 3. The Hall–Kier alpha value is -2.57. The first-order chi connectivity index (χ1) is 13.9. The zero-order valence-corrected chi connectivity index (χ0v) is 17.3. The molecule has 1 aliphatic carbocycles. The summed E-state index contributed by atoms with van der Waals surface area (Å²) in [4.78, 5) is 36.9. The highest BCUT2D eigenvalue weighted by atomic mass is 16.5. The van der Waals surface area contributed by atoms with Crippen LogP contribution in [-0.2, 0) is 20.8 Å². The average Bonchev–Trinajstić information content (AvgIpc) is 2.70. The van der Waals surface area contributed by atoms with Crippen molar-refractivity contribution in [2.24, 2.45) is 0 Å². The molecule has 1 heterocycles. The summed E-state index contributed by atoms with van der Waals surface area (Å²) in [7, 11) is 1.88. The normalized spacial score (nSPS) is 21.0. The predicted molar refractivity (Wildman–Crippen MR) is 111 cm³/mol. The Bertz CT molecular complexity index is 756. The Labute approximate surface area is 172 Å². The summed E-state index contributed by atoms with van der Waals surface area (Å²) >= 11 is 0. The molecule has 0 radical (unpaired) electrons. The van der Waals surface area contributed by atoms with Gasteiger partial charge >= 0.3 is 0 Å². The largest absolute Gasteiger partial charge is 0.494 e. The molecule has 1 aromatic carbocycles. The van der Waals surface area contributed by atoms with E-state index in [1.807, 2.05) is 30.1 Å². The van der Waals surface area contributed by atoms with Crippen LogP contribution in [-0.4, -0.2) is 48.4 Å². The highest BCUT2D eigenvalue weighted by molar-refractivity contribution is 5.94. The van der Waals surface area contributed by atoms with E-state index in [2.05, 4.69) is 10.6 Å². The van der Waals surface area contributed by atoms with Gasteiger partial charge in [0.1, 0.15) is 5.75 Å². The maximum Gasteiger partial charge on any atom is 0.224 e. The Balaban J connectivity index is 1.37. The summed E-state index contributed by atoms with van der Waals surface area (Å²) in [5.41, 5.74) is 1.95. The van der Waals surface area contributed by atoms with Crippen molar-refractivity contribution in [3.8, 4) is 5.75 Å². The van der Waals surface area contributed by atoms with Crippen LogP contribution in [0, 0.1) is 0 Å². The number of benzene rings is 1. The molecular formula is C22H31N3O4. The van der Waals surface area contributed by atoms with E-state index in [0.717, 1.165) is 49.1 Å². The third-order valence-corrected chi connectivity index (χ3v) is 5.82. The molecular weight excluding hydrogens is 370 g/mol. The van der Waals surface area contributed by atoms with E-state index in [1.54, 1.807) is 6.92 Å². The molecule has 2 aliphatic rings. The lowest BCUT2D eigenvalue weighted by atomic mass is 9.90. The quantitative estimate of drug-likeness (QED) is 0.688. The fourth-order valence-corrected chi connectivity index (χ4v) is 4.14. The minimum atomic E-state index is 0.0153. The third-order valence-electron chi connectivity index (χ3n) is 5.82. The topological polar surface area (TPSA) is 87.7 Å². The fraction of sp³-hybridized carbons (Fsp3) is 0.591. The molecule has 1 aliphatic heterocycles. The second-order valence-corrected chi connectivity index (χ2v) is 8.03. The van der Waals surface area contributed by atoms with Gasteiger partial charge in [-0.1, -0.05) is 0 Å². The molecule has 3 rings (SSSR count). The summed E-state index contributed by atoms with van der Waals surface area (Å²) < 4.78 is 5.80. The van der Waals surface area contributed by atoms with E-state index in [4.69, 9.17) is 4.74 Å². The van der Waals surface area contributed by atoms with E-state index < -0.39 is 0 Å². The average molecular weight is 402 g/mol. The van der Waals surface area contributed by atoms with Gasteiger partial charge in [-0.05, 0) is 62.3 Å². The summed E-state index contributed by atoms with van der Waals surface area (Å²) in [5.74, 6) is 0.987. The highest BCUT2D eigenvalue weighted by Gasteiger charge is 2.26. The second kappa shape index (κ2) is 9.76. The number of fused-ring (bicyclic) bond motifs is 1. The zero-order valence-electron chi connectivity index (χ0n) is 17.3. The molecule has 29 heavy (non-hydrogen) atoms. The van der Waals surface area contributed by atoms with Gasteiger partial charge in [-0.15, -0.1) is 0 Å². The summed E-state index contributed by atoms with van der Waals surface area (Å²) in [6, 6.07) is 6.19. The van der Waals surface area contributed by atoms with Gasteiger partial charge in [0.2, 0.25) is 17.7 Å². The van der Waals surface area contributed by atoms with Crippen LogP contribution in [0.5, 0.6) is 5.75 Å². The fourth-order valence-electron chi connectivity index (χ4n) is 4.14. The van der Waals surface area contributed by atoms with E-state index in [9.17, 15) is 14.4 Å². The number of rotatable bonds is 7. The molecule has 0 aromatic heterocycles. The van der Waals surface area contributed by atoms with E-state index in [0.29, 0.717) is 25.9 Å². The van der Waals surface area contributed by atoms with Crippen molar-refractivity contribution >= 4 is 23.4 Å². The van der Waals surface area contributed by atoms with Crippen molar-refractivity contribution in [2.45, 2.75) is 70.4 Å². The molecule has 0 unspecified atom stereocenters. The van der Waals surface area contributed by atoms with Crippen molar-refractivity contribution < 1.29 is 19.1 Å². The first-order valence-electron chi connectivity index (χ1n) is 10.5. The Morgan fingerprint density at radius 1 is 1.21 bits per heavy atom. The zero-order chi connectivity index (χ0) is 20.8. The van der Waals surface area contributed by atoms with Gasteiger partial charge in [-0.2, -0.15) is 0 Å². The molecule has 3 amide bonds. The molecule has 1 aromatic rings. The van der Waals surface area contributed by atoms with Crippen molar-refractivity contribution in [1.82, 2.24) is 10.2 Å². The lowest BCUT2D eigenvalue weighted by molar-refractivity contribution is -0.133. The maximum atomic E-state index is 12.5. The monoisotopic (exact) mass is 401 g/mol. The second-order valence-electron chi connectivity index (χ2n) is 8.03. The van der Waals surface area contributed by atoms with Crippen LogP contribution in [0.25, 0.3) is 0 Å². The van der Waals surface area contributed by atoms with Crippen molar-refractivity contribution in [3.63, 3.8) is 0 Å². The number of ether oxygens (including phenoxy) is 1. The van der Waals surface area contributed by atoms with Crippen molar-refractivity contribution in [2.75, 3.05) is 19.0 Å². The minimum Gasteiger partial charge on any atom is -0.494 e. The molecule has 7 nitrogen and oxygen atoms in total. The van der Waals surface area contributed by atoms with E-state index >= 15 is 0 Å². The van der Waals surface area contributed by atoms with Crippen LogP contribution >= 0.6 is 0 Å². The summed E-state index contributed by atoms with van der Waals surface area (Å²) in [6.07, 6.45) is 6.05. The SMILES string of the molecule is CC(=O)NC1CCC(N(C)C(=O)CCCOc2ccc3c(c2)CCC(=O)N3)CC1. The number of aryl methyl sites for hydroxylation is 1. The summed E-state index contributed by atoms with van der Waals surface area (Å²) in [5, 5.41) is 5.83. The van der Waals surface area contributed by atoms with Crippen LogP contribution in [0.4, 0.5) is 5.69 Å². The van der Waals surface area contributed by atoms with Crippen LogP contribution in [0.15, 0.2) is 18.2 Å². The molecule has 0 spiro atoms. The smallest absolute Gasteiger partial charge is 0.224 e. The molecule has 0 bridgehead atoms. The number of nitrogens with zero attached hydrogens (tertiary/aromatic N) is 1. The molecule has 1 fully saturated rings. The lowest BCUT2D eigenvalue weighted by Crippen LogP contribution is -2.44. The van der Waals surface area contributed by atoms with Gasteiger partial charge in [0.05, 0.1) is 6.61 Å². The number of hydrogen-bond donors (Lipinski definition) is 2. The van der Waals surface area contributed by atoms with Crippen LogP contribution in [0.1, 0.15) is 57.4 Å². The lowest BCUT2D eigenvalue weighted by Gasteiger charge is -2.35. The van der Waals surface area contributed by atoms with Gasteiger partial charge in [-0.3, -0.25) is 14.4 Å². The number of nitrogens with one attached hydrogen (secondary N) is 2. The van der Waals surface area contributed by atoms with Gasteiger partial charge in [0, 0.05) is 44.6 Å². The van der Waals surface area contributed by atoms with Crippen LogP contribution < -0.4 is 15.4 Å². The first-order valence-corrected chi connectivity index (χ1v) is 10.5. The van der Waals surface area contributed by atoms with E-state index in [-0.39, 0.29) is 29.8 Å². The van der Waals surface area contributed by atoms with Crippen LogP contribution in [0.3, 0.4) is 0 Å². The van der Waals surface area contributed by atoms with Gasteiger partial charge in [0.15, 0.2) is 0 Å². The number of carbonyl (C=O) groups excluding carboxylic acids is 3. The third kappa shape index (κ3) is 5.95. The molecule has 0 atom stereocenters. The van der Waals surface area contributed by atoms with Crippen LogP contribution in [0.2, 0.25) is 0 Å². The predicted octanol–water partition coefficient (Wildman–Crippen LogP) is 2.64. The van der Waals surface area contributed by atoms with Crippen molar-refractivity contribution in [1.29, 1.82) is 0 Å². The standard InChI is InChI=1S/C22H31N3O4/c1-15(26)23-17-6-8-18(9-7-17)25(2)22(28)4-3-13-29-19-10-11-20-16(14-19)5-12-21(27)24-20/h10-11,14,17-18H,3-9,12-13H2,1-2H3,(H,23,26)(H,24,27). The maximum absolute atomic E-state index is 12.5. The van der Waals surface area contributed by atoms with Gasteiger partial charge in [0.25, 0.3) is 0 Å². The Kier molecular flexibility index (Phi) is 7.12. The Morgan fingerprint density at radius 3 is 2.69 bits per heavy atom. The number of anilines is 1. The molecule has 7 heteroatoms. The molecule has 1 saturated carbocycles. The number of amides is 3. The first kappa shape index (κ1) is 21.1. The minimum absolute atomic E-state index is 0.0153. The van der Waals surface area contributed by atoms with Crippen molar-refractivity contribution in [3.05, 3.63) is 23.8 Å².